The summed E-state index contributed by atoms with van der Waals surface area (Å²) >= 11 is 1.35. The first-order chi connectivity index (χ1) is 5.05. The average molecular weight is 190 g/mol. The molecule has 0 spiro atoms. The standard InChI is InChI=1S/C7H11O2PS/c1-4-7-5-11-10(3,8)9-6(7)2/h1,6-7H,5H2,2-3H3. The molecule has 11 heavy (non-hydrogen) atoms. The molecular formula is C7H11O2PS. The highest BCUT2D eigenvalue weighted by atomic mass is 32.7. The molecule has 1 heterocycles. The van der Waals surface area contributed by atoms with E-state index in [1.165, 1.54) is 11.4 Å². The van der Waals surface area contributed by atoms with Gasteiger partial charge in [-0.05, 0) is 6.92 Å². The van der Waals surface area contributed by atoms with Crippen LogP contribution < -0.4 is 0 Å². The van der Waals surface area contributed by atoms with Crippen molar-refractivity contribution in [2.45, 2.75) is 13.0 Å². The van der Waals surface area contributed by atoms with Gasteiger partial charge in [0, 0.05) is 12.4 Å². The molecule has 3 atom stereocenters. The molecule has 0 aliphatic carbocycles. The molecule has 0 N–H and O–H groups in total. The topological polar surface area (TPSA) is 26.3 Å². The highest BCUT2D eigenvalue weighted by Crippen LogP contribution is 2.61. The van der Waals surface area contributed by atoms with Crippen molar-refractivity contribution in [3.8, 4) is 12.3 Å². The van der Waals surface area contributed by atoms with Crippen LogP contribution >= 0.6 is 18.0 Å². The molecule has 1 aliphatic rings. The zero-order valence-electron chi connectivity index (χ0n) is 6.61. The van der Waals surface area contributed by atoms with Gasteiger partial charge in [0.05, 0.1) is 12.0 Å². The fourth-order valence-corrected chi connectivity index (χ4v) is 4.44. The minimum atomic E-state index is -2.37. The molecule has 0 aromatic rings. The second-order valence-electron chi connectivity index (χ2n) is 2.65. The Morgan fingerprint density at radius 3 is 2.91 bits per heavy atom. The number of rotatable bonds is 0. The first-order valence-electron chi connectivity index (χ1n) is 3.42. The van der Waals surface area contributed by atoms with E-state index in [0.717, 1.165) is 5.75 Å². The lowest BCUT2D eigenvalue weighted by Crippen LogP contribution is -2.23. The van der Waals surface area contributed by atoms with Gasteiger partial charge in [0.1, 0.15) is 0 Å². The Hall–Kier alpha value is 0.1000. The molecule has 1 aliphatic heterocycles. The molecule has 0 aromatic carbocycles. The zero-order valence-corrected chi connectivity index (χ0v) is 8.32. The maximum Gasteiger partial charge on any atom is 0.255 e. The van der Waals surface area contributed by atoms with E-state index in [-0.39, 0.29) is 12.0 Å². The highest BCUT2D eigenvalue weighted by molar-refractivity contribution is 8.56. The van der Waals surface area contributed by atoms with Crippen molar-refractivity contribution in [2.24, 2.45) is 5.92 Å². The minimum Gasteiger partial charge on any atom is -0.317 e. The van der Waals surface area contributed by atoms with Gasteiger partial charge < -0.3 is 4.52 Å². The van der Waals surface area contributed by atoms with E-state index >= 15 is 0 Å². The number of hydrogen-bond donors (Lipinski definition) is 0. The van der Waals surface area contributed by atoms with Crippen LogP contribution in [0, 0.1) is 18.3 Å². The van der Waals surface area contributed by atoms with Crippen LogP contribution in [-0.2, 0) is 9.09 Å². The minimum absolute atomic E-state index is 0.0583. The SMILES string of the molecule is C#CC1CSP(C)(=O)OC1C. The van der Waals surface area contributed by atoms with Gasteiger partial charge in [0.15, 0.2) is 0 Å². The van der Waals surface area contributed by atoms with Crippen LogP contribution in [0.1, 0.15) is 6.92 Å². The Morgan fingerprint density at radius 2 is 2.45 bits per heavy atom. The van der Waals surface area contributed by atoms with Gasteiger partial charge in [-0.1, -0.05) is 17.3 Å². The van der Waals surface area contributed by atoms with E-state index in [4.69, 9.17) is 10.9 Å². The third-order valence-corrected chi connectivity index (χ3v) is 5.43. The van der Waals surface area contributed by atoms with Gasteiger partial charge in [-0.3, -0.25) is 4.57 Å². The van der Waals surface area contributed by atoms with Crippen molar-refractivity contribution >= 4 is 18.0 Å². The summed E-state index contributed by atoms with van der Waals surface area (Å²) in [5.74, 6) is 3.49. The third kappa shape index (κ3) is 2.27. The van der Waals surface area contributed by atoms with Crippen molar-refractivity contribution in [3.63, 3.8) is 0 Å². The summed E-state index contributed by atoms with van der Waals surface area (Å²) in [6, 6.07) is 0. The second kappa shape index (κ2) is 3.23. The van der Waals surface area contributed by atoms with Crippen molar-refractivity contribution in [1.29, 1.82) is 0 Å². The fraction of sp³-hybridized carbons (Fsp3) is 0.714. The van der Waals surface area contributed by atoms with Crippen LogP contribution in [0.2, 0.25) is 0 Å². The molecule has 3 unspecified atom stereocenters. The molecule has 1 saturated heterocycles. The Kier molecular flexibility index (Phi) is 2.70. The molecule has 0 amide bonds. The first kappa shape index (κ1) is 9.19. The van der Waals surface area contributed by atoms with Crippen LogP contribution in [-0.4, -0.2) is 18.5 Å². The number of hydrogen-bond acceptors (Lipinski definition) is 3. The summed E-state index contributed by atoms with van der Waals surface area (Å²) in [4.78, 5) is 0. The molecule has 0 aromatic heterocycles. The summed E-state index contributed by atoms with van der Waals surface area (Å²) in [5, 5.41) is 0. The Bertz CT molecular complexity index is 233. The summed E-state index contributed by atoms with van der Waals surface area (Å²) in [7, 11) is 0. The van der Waals surface area contributed by atoms with Gasteiger partial charge >= 0.3 is 0 Å². The van der Waals surface area contributed by atoms with Gasteiger partial charge in [-0.15, -0.1) is 6.42 Å². The van der Waals surface area contributed by atoms with Gasteiger partial charge in [-0.25, -0.2) is 0 Å². The summed E-state index contributed by atoms with van der Waals surface area (Å²) in [6.45, 7) is 1.14. The predicted molar refractivity (Wildman–Crippen MR) is 48.9 cm³/mol. The molecule has 4 heteroatoms. The normalized spacial score (nSPS) is 44.8. The van der Waals surface area contributed by atoms with Gasteiger partial charge in [0.2, 0.25) is 0 Å². The third-order valence-electron chi connectivity index (χ3n) is 1.63. The largest absolute Gasteiger partial charge is 0.317 e. The highest BCUT2D eigenvalue weighted by Gasteiger charge is 2.31. The van der Waals surface area contributed by atoms with Crippen molar-refractivity contribution in [1.82, 2.24) is 0 Å². The van der Waals surface area contributed by atoms with Gasteiger partial charge in [-0.2, -0.15) is 0 Å². The molecule has 0 saturated carbocycles. The maximum atomic E-state index is 11.4. The van der Waals surface area contributed by atoms with Gasteiger partial charge in [0.25, 0.3) is 6.57 Å². The molecule has 0 radical (unpaired) electrons. The molecule has 1 rings (SSSR count). The number of terminal acetylenes is 1. The summed E-state index contributed by atoms with van der Waals surface area (Å²) in [6.07, 6.45) is 5.19. The Balaban J connectivity index is 2.64. The van der Waals surface area contributed by atoms with E-state index < -0.39 is 6.57 Å². The second-order valence-corrected chi connectivity index (χ2v) is 7.76. The van der Waals surface area contributed by atoms with Crippen LogP contribution in [0.3, 0.4) is 0 Å². The molecule has 62 valence electrons. The predicted octanol–water partition coefficient (Wildman–Crippen LogP) is 2.21. The van der Waals surface area contributed by atoms with Crippen LogP contribution in [0.25, 0.3) is 0 Å². The Morgan fingerprint density at radius 1 is 1.82 bits per heavy atom. The summed E-state index contributed by atoms with van der Waals surface area (Å²) < 4.78 is 16.6. The first-order valence-corrected chi connectivity index (χ1v) is 7.08. The van der Waals surface area contributed by atoms with Crippen LogP contribution in [0.4, 0.5) is 0 Å². The smallest absolute Gasteiger partial charge is 0.255 e. The van der Waals surface area contributed by atoms with E-state index in [1.54, 1.807) is 6.66 Å². The lowest BCUT2D eigenvalue weighted by molar-refractivity contribution is 0.196. The average Bonchev–Trinajstić information content (AvgIpc) is 1.86. The quantitative estimate of drug-likeness (QED) is 0.432. The van der Waals surface area contributed by atoms with Crippen LogP contribution in [0.15, 0.2) is 0 Å². The maximum absolute atomic E-state index is 11.4. The van der Waals surface area contributed by atoms with E-state index in [9.17, 15) is 4.57 Å². The molecular weight excluding hydrogens is 179 g/mol. The molecule has 0 bridgehead atoms. The van der Waals surface area contributed by atoms with Crippen molar-refractivity contribution < 1.29 is 9.09 Å². The Labute approximate surface area is 71.3 Å². The van der Waals surface area contributed by atoms with E-state index in [2.05, 4.69) is 5.92 Å². The fourth-order valence-electron chi connectivity index (χ4n) is 0.941. The lowest BCUT2D eigenvalue weighted by atomic mass is 10.1. The monoisotopic (exact) mass is 190 g/mol. The van der Waals surface area contributed by atoms with Crippen molar-refractivity contribution in [3.05, 3.63) is 0 Å². The zero-order chi connectivity index (χ0) is 8.48. The lowest BCUT2D eigenvalue weighted by Gasteiger charge is -2.28. The van der Waals surface area contributed by atoms with E-state index in [1.807, 2.05) is 6.92 Å². The van der Waals surface area contributed by atoms with Crippen LogP contribution in [0.5, 0.6) is 0 Å². The van der Waals surface area contributed by atoms with Crippen molar-refractivity contribution in [2.75, 3.05) is 12.4 Å². The molecule has 1 fully saturated rings. The molecule has 2 nitrogen and oxygen atoms in total. The van der Waals surface area contributed by atoms with E-state index in [0.29, 0.717) is 0 Å². The summed E-state index contributed by atoms with van der Waals surface area (Å²) in [5.41, 5.74) is 0.